The summed E-state index contributed by atoms with van der Waals surface area (Å²) in [5.74, 6) is -0.615. The van der Waals surface area contributed by atoms with E-state index >= 15 is 0 Å². The summed E-state index contributed by atoms with van der Waals surface area (Å²) in [6, 6.07) is 11.5. The van der Waals surface area contributed by atoms with Crippen LogP contribution in [0.5, 0.6) is 5.75 Å². The first-order chi connectivity index (χ1) is 21.4. The van der Waals surface area contributed by atoms with Crippen LogP contribution in [-0.4, -0.2) is 76.4 Å². The minimum absolute atomic E-state index is 0.0257. The second kappa shape index (κ2) is 15.3. The highest BCUT2D eigenvalue weighted by molar-refractivity contribution is 5.97. The van der Waals surface area contributed by atoms with Crippen molar-refractivity contribution in [2.24, 2.45) is 11.8 Å². The van der Waals surface area contributed by atoms with Gasteiger partial charge in [0.05, 0.1) is 12.2 Å². The van der Waals surface area contributed by atoms with Crippen LogP contribution in [0, 0.1) is 11.8 Å². The number of carbonyl (C=O) groups excluding carboxylic acids is 3. The molecule has 0 bridgehead atoms. The average molecular weight is 640 g/mol. The molecule has 1 fully saturated rings. The van der Waals surface area contributed by atoms with Crippen LogP contribution in [0.1, 0.15) is 93.7 Å². The van der Waals surface area contributed by atoms with Crippen molar-refractivity contribution < 1.29 is 38.5 Å². The molecule has 252 valence electrons. The quantitative estimate of drug-likeness (QED) is 0.291. The summed E-state index contributed by atoms with van der Waals surface area (Å²) < 4.78 is 17.4. The molecule has 2 aromatic carbocycles. The van der Waals surface area contributed by atoms with Gasteiger partial charge in [0.15, 0.2) is 0 Å². The van der Waals surface area contributed by atoms with Crippen molar-refractivity contribution in [3.63, 3.8) is 0 Å². The fourth-order valence-electron chi connectivity index (χ4n) is 4.88. The fourth-order valence-corrected chi connectivity index (χ4v) is 4.88. The average Bonchev–Trinajstić information content (AvgIpc) is 3.41. The highest BCUT2D eigenvalue weighted by Crippen LogP contribution is 2.25. The zero-order valence-corrected chi connectivity index (χ0v) is 28.3. The molecule has 3 rings (SSSR count). The molecule has 0 spiro atoms. The zero-order valence-electron chi connectivity index (χ0n) is 28.3. The maximum Gasteiger partial charge on any atom is 0.410 e. The van der Waals surface area contributed by atoms with E-state index in [0.29, 0.717) is 32.0 Å². The molecule has 1 saturated heterocycles. The molecule has 0 saturated carbocycles. The molecule has 1 aliphatic heterocycles. The number of likely N-dealkylation sites (tertiary alicyclic amines) is 1. The van der Waals surface area contributed by atoms with Gasteiger partial charge in [-0.3, -0.25) is 4.79 Å². The maximum absolute atomic E-state index is 13.5. The van der Waals surface area contributed by atoms with Crippen LogP contribution in [0.25, 0.3) is 0 Å². The van der Waals surface area contributed by atoms with E-state index in [1.807, 2.05) is 73.6 Å². The number of benzene rings is 2. The van der Waals surface area contributed by atoms with E-state index < -0.39 is 29.2 Å². The Morgan fingerprint density at radius 1 is 0.957 bits per heavy atom. The van der Waals surface area contributed by atoms with Gasteiger partial charge in [-0.1, -0.05) is 26.0 Å². The van der Waals surface area contributed by atoms with E-state index in [4.69, 9.17) is 14.2 Å². The standard InChI is InChI=1S/C35H49N3O8/c1-23(2)22-44-29-15-25(18-36-30(39)27-10-9-11-28(17-27)31(40)41)14-26(16-29)21-38(33(43)46-35(6,7)8)20-24-12-13-37(19-24)32(42)45-34(3,4)5/h9-11,14-17,23-24H,12-13,18-22H2,1-8H3,(H,36,39)(H,40,41). The number of hydrogen-bond donors (Lipinski definition) is 2. The van der Waals surface area contributed by atoms with Crippen molar-refractivity contribution in [3.8, 4) is 5.75 Å². The number of nitrogens with one attached hydrogen (secondary N) is 1. The van der Waals surface area contributed by atoms with Gasteiger partial charge in [0.2, 0.25) is 0 Å². The Labute approximate surface area is 272 Å². The van der Waals surface area contributed by atoms with E-state index in [0.717, 1.165) is 17.5 Å². The molecule has 0 aliphatic carbocycles. The van der Waals surface area contributed by atoms with Crippen molar-refractivity contribution in [2.75, 3.05) is 26.2 Å². The Morgan fingerprint density at radius 3 is 2.24 bits per heavy atom. The minimum atomic E-state index is -1.11. The van der Waals surface area contributed by atoms with Crippen molar-refractivity contribution in [2.45, 2.75) is 86.1 Å². The summed E-state index contributed by atoms with van der Waals surface area (Å²) in [5.41, 5.74) is 0.493. The molecule has 11 heteroatoms. The largest absolute Gasteiger partial charge is 0.493 e. The second-order valence-corrected chi connectivity index (χ2v) is 14.2. The lowest BCUT2D eigenvalue weighted by Crippen LogP contribution is -2.40. The molecular formula is C35H49N3O8. The summed E-state index contributed by atoms with van der Waals surface area (Å²) in [4.78, 5) is 53.7. The third-order valence-electron chi connectivity index (χ3n) is 6.88. The zero-order chi connectivity index (χ0) is 34.2. The third-order valence-corrected chi connectivity index (χ3v) is 6.88. The molecule has 46 heavy (non-hydrogen) atoms. The lowest BCUT2D eigenvalue weighted by Gasteiger charge is -2.30. The van der Waals surface area contributed by atoms with Gasteiger partial charge < -0.3 is 34.4 Å². The maximum atomic E-state index is 13.5. The summed E-state index contributed by atoms with van der Waals surface area (Å²) in [6.07, 6.45) is -0.115. The Balaban J connectivity index is 1.82. The van der Waals surface area contributed by atoms with Crippen LogP contribution in [0.3, 0.4) is 0 Å². The Kier molecular flexibility index (Phi) is 12.1. The van der Waals surface area contributed by atoms with Crippen molar-refractivity contribution in [1.29, 1.82) is 0 Å². The van der Waals surface area contributed by atoms with Crippen molar-refractivity contribution >= 4 is 24.1 Å². The van der Waals surface area contributed by atoms with Gasteiger partial charge >= 0.3 is 18.2 Å². The molecule has 1 aliphatic rings. The summed E-state index contributed by atoms with van der Waals surface area (Å²) >= 11 is 0. The number of aromatic carboxylic acids is 1. The first kappa shape index (κ1) is 36.2. The Hall–Kier alpha value is -4.28. The van der Waals surface area contributed by atoms with E-state index in [1.54, 1.807) is 15.9 Å². The Bertz CT molecular complexity index is 1390. The van der Waals surface area contributed by atoms with Crippen molar-refractivity contribution in [3.05, 3.63) is 64.7 Å². The van der Waals surface area contributed by atoms with E-state index in [1.165, 1.54) is 18.2 Å². The van der Waals surface area contributed by atoms with Crippen LogP contribution in [-0.2, 0) is 22.6 Å². The molecule has 2 N–H and O–H groups in total. The highest BCUT2D eigenvalue weighted by atomic mass is 16.6. The lowest BCUT2D eigenvalue weighted by atomic mass is 10.1. The first-order valence-electron chi connectivity index (χ1n) is 15.7. The van der Waals surface area contributed by atoms with Crippen LogP contribution in [0.4, 0.5) is 9.59 Å². The van der Waals surface area contributed by atoms with E-state index in [-0.39, 0.29) is 42.1 Å². The number of amides is 3. The minimum Gasteiger partial charge on any atom is -0.493 e. The molecular weight excluding hydrogens is 590 g/mol. The lowest BCUT2D eigenvalue weighted by molar-refractivity contribution is 0.0196. The van der Waals surface area contributed by atoms with Gasteiger partial charge in [0, 0.05) is 38.3 Å². The normalized spacial score (nSPS) is 15.0. The number of carbonyl (C=O) groups is 4. The number of carboxylic acids is 1. The third kappa shape index (κ3) is 11.9. The van der Waals surface area contributed by atoms with Gasteiger partial charge in [-0.05, 0) is 101 Å². The highest BCUT2D eigenvalue weighted by Gasteiger charge is 2.33. The van der Waals surface area contributed by atoms with Crippen LogP contribution in [0.15, 0.2) is 42.5 Å². The Morgan fingerprint density at radius 2 is 1.61 bits per heavy atom. The molecule has 11 nitrogen and oxygen atoms in total. The van der Waals surface area contributed by atoms with Gasteiger partial charge in [-0.25, -0.2) is 14.4 Å². The van der Waals surface area contributed by atoms with Crippen molar-refractivity contribution in [1.82, 2.24) is 15.1 Å². The number of rotatable bonds is 11. The van der Waals surface area contributed by atoms with Gasteiger partial charge in [-0.15, -0.1) is 0 Å². The fraction of sp³-hybridized carbons (Fsp3) is 0.543. The predicted octanol–water partition coefficient (Wildman–Crippen LogP) is 6.34. The monoisotopic (exact) mass is 639 g/mol. The van der Waals surface area contributed by atoms with E-state index in [9.17, 15) is 24.3 Å². The molecule has 1 heterocycles. The summed E-state index contributed by atoms with van der Waals surface area (Å²) in [5, 5.41) is 12.1. The van der Waals surface area contributed by atoms with Gasteiger partial charge in [0.25, 0.3) is 5.91 Å². The van der Waals surface area contributed by atoms with Crippen LogP contribution in [0.2, 0.25) is 0 Å². The van der Waals surface area contributed by atoms with Gasteiger partial charge in [0.1, 0.15) is 17.0 Å². The molecule has 3 amide bonds. The number of hydrogen-bond acceptors (Lipinski definition) is 7. The SMILES string of the molecule is CC(C)COc1cc(CNC(=O)c2cccc(C(=O)O)c2)cc(CN(CC2CCN(C(=O)OC(C)(C)C)C2)C(=O)OC(C)(C)C)c1. The topological polar surface area (TPSA) is 135 Å². The predicted molar refractivity (Wildman–Crippen MR) is 174 cm³/mol. The molecule has 0 radical (unpaired) electrons. The molecule has 1 unspecified atom stereocenters. The number of carboxylic acid groups (broad SMARTS) is 1. The second-order valence-electron chi connectivity index (χ2n) is 14.2. The smallest absolute Gasteiger partial charge is 0.410 e. The molecule has 2 aromatic rings. The van der Waals surface area contributed by atoms with Crippen LogP contribution >= 0.6 is 0 Å². The summed E-state index contributed by atoms with van der Waals surface area (Å²) in [7, 11) is 0. The van der Waals surface area contributed by atoms with E-state index in [2.05, 4.69) is 5.32 Å². The first-order valence-corrected chi connectivity index (χ1v) is 15.7. The van der Waals surface area contributed by atoms with Gasteiger partial charge in [-0.2, -0.15) is 0 Å². The summed E-state index contributed by atoms with van der Waals surface area (Å²) in [6.45, 7) is 17.3. The van der Waals surface area contributed by atoms with Crippen LogP contribution < -0.4 is 10.1 Å². The molecule has 0 aromatic heterocycles. The molecule has 1 atom stereocenters. The number of nitrogens with zero attached hydrogens (tertiary/aromatic N) is 2. The number of ether oxygens (including phenoxy) is 3.